The molecule has 0 amide bonds. The first-order chi connectivity index (χ1) is 8.49. The molecule has 0 aliphatic heterocycles. The molecule has 0 aromatic carbocycles. The van der Waals surface area contributed by atoms with Gasteiger partial charge in [-0.05, 0) is 26.7 Å². The predicted molar refractivity (Wildman–Crippen MR) is 73.1 cm³/mol. The molecule has 0 atom stereocenters. The summed E-state index contributed by atoms with van der Waals surface area (Å²) >= 11 is 1.61. The Morgan fingerprint density at radius 1 is 1.44 bits per heavy atom. The maximum Gasteiger partial charge on any atom is 0.309 e. The van der Waals surface area contributed by atoms with Crippen molar-refractivity contribution in [1.29, 1.82) is 0 Å². The molecular weight excluding hydrogens is 246 g/mol. The van der Waals surface area contributed by atoms with Crippen LogP contribution in [0.5, 0.6) is 0 Å². The van der Waals surface area contributed by atoms with Gasteiger partial charge in [0.2, 0.25) is 0 Å². The second-order valence-corrected chi connectivity index (χ2v) is 6.81. The summed E-state index contributed by atoms with van der Waals surface area (Å²) in [7, 11) is 0. The van der Waals surface area contributed by atoms with Crippen LogP contribution in [-0.2, 0) is 11.2 Å². The minimum atomic E-state index is -0.753. The highest BCUT2D eigenvalue weighted by atomic mass is 32.1. The molecule has 1 N–H and O–H groups in total. The van der Waals surface area contributed by atoms with Crippen molar-refractivity contribution in [3.63, 3.8) is 0 Å². The number of hydrogen-bond donors (Lipinski definition) is 1. The van der Waals surface area contributed by atoms with Gasteiger partial charge in [-0.1, -0.05) is 19.3 Å². The van der Waals surface area contributed by atoms with Crippen LogP contribution in [0.25, 0.3) is 0 Å². The number of aromatic nitrogens is 1. The Kier molecular flexibility index (Phi) is 4.05. The maximum atomic E-state index is 11.1. The number of carboxylic acids is 1. The molecule has 1 heterocycles. The molecule has 1 fully saturated rings. The van der Waals surface area contributed by atoms with Gasteiger partial charge in [-0.3, -0.25) is 4.79 Å². The summed E-state index contributed by atoms with van der Waals surface area (Å²) in [5, 5.41) is 12.2. The van der Waals surface area contributed by atoms with E-state index in [-0.39, 0.29) is 0 Å². The van der Waals surface area contributed by atoms with Gasteiger partial charge in [-0.2, -0.15) is 0 Å². The lowest BCUT2D eigenvalue weighted by Gasteiger charge is -2.20. The van der Waals surface area contributed by atoms with Gasteiger partial charge in [-0.25, -0.2) is 4.98 Å². The van der Waals surface area contributed by atoms with Crippen molar-refractivity contribution in [2.24, 2.45) is 5.41 Å². The largest absolute Gasteiger partial charge is 0.481 e. The van der Waals surface area contributed by atoms with E-state index in [2.05, 4.69) is 10.4 Å². The summed E-state index contributed by atoms with van der Waals surface area (Å²) < 4.78 is 0. The van der Waals surface area contributed by atoms with Crippen molar-refractivity contribution in [3.05, 3.63) is 16.1 Å². The molecule has 0 radical (unpaired) electrons. The van der Waals surface area contributed by atoms with Crippen LogP contribution >= 0.6 is 11.3 Å². The molecule has 1 aromatic rings. The van der Waals surface area contributed by atoms with E-state index in [0.717, 1.165) is 5.01 Å². The second-order valence-electron chi connectivity index (χ2n) is 5.87. The highest BCUT2D eigenvalue weighted by molar-refractivity contribution is 7.09. The van der Waals surface area contributed by atoms with E-state index < -0.39 is 11.4 Å². The third kappa shape index (κ3) is 3.10. The molecule has 1 aliphatic carbocycles. The van der Waals surface area contributed by atoms with Gasteiger partial charge in [0.25, 0.3) is 0 Å². The van der Waals surface area contributed by atoms with Gasteiger partial charge < -0.3 is 5.11 Å². The summed E-state index contributed by atoms with van der Waals surface area (Å²) in [5.74, 6) is -0.145. The molecule has 3 nitrogen and oxygen atoms in total. The Labute approximate surface area is 112 Å². The van der Waals surface area contributed by atoms with Crippen LogP contribution in [0.15, 0.2) is 5.38 Å². The average molecular weight is 267 g/mol. The van der Waals surface area contributed by atoms with E-state index in [0.29, 0.717) is 12.3 Å². The Bertz CT molecular complexity index is 419. The van der Waals surface area contributed by atoms with Gasteiger partial charge in [0.05, 0.1) is 16.1 Å². The fourth-order valence-corrected chi connectivity index (χ4v) is 3.55. The molecule has 2 rings (SSSR count). The van der Waals surface area contributed by atoms with E-state index >= 15 is 0 Å². The first-order valence-electron chi connectivity index (χ1n) is 6.67. The molecule has 0 bridgehead atoms. The standard InChI is InChI=1S/C14H21NO2S/c1-14(2,13(16)17)8-12-15-11(9-18-12)10-6-4-3-5-7-10/h9-10H,3-8H2,1-2H3,(H,16,17). The van der Waals surface area contributed by atoms with Crippen LogP contribution in [0.1, 0.15) is 62.6 Å². The molecule has 0 unspecified atom stereocenters. The lowest BCUT2D eigenvalue weighted by atomic mass is 9.87. The first kappa shape index (κ1) is 13.5. The van der Waals surface area contributed by atoms with Crippen molar-refractivity contribution in [2.45, 2.75) is 58.3 Å². The van der Waals surface area contributed by atoms with Gasteiger partial charge in [-0.15, -0.1) is 11.3 Å². The SMILES string of the molecule is CC(C)(Cc1nc(C2CCCCC2)cs1)C(=O)O. The van der Waals surface area contributed by atoms with Crippen LogP contribution in [0.2, 0.25) is 0 Å². The Morgan fingerprint density at radius 2 is 2.11 bits per heavy atom. The van der Waals surface area contributed by atoms with Crippen LogP contribution < -0.4 is 0 Å². The summed E-state index contributed by atoms with van der Waals surface area (Å²) in [4.78, 5) is 15.8. The monoisotopic (exact) mass is 267 g/mol. The molecule has 0 spiro atoms. The smallest absolute Gasteiger partial charge is 0.309 e. The predicted octanol–water partition coefficient (Wildman–Crippen LogP) is 3.84. The van der Waals surface area contributed by atoms with Gasteiger partial charge in [0.1, 0.15) is 0 Å². The Balaban J connectivity index is 2.03. The van der Waals surface area contributed by atoms with Crippen molar-refractivity contribution >= 4 is 17.3 Å². The lowest BCUT2D eigenvalue weighted by Crippen LogP contribution is -2.26. The minimum absolute atomic E-state index is 0.528. The molecule has 1 aromatic heterocycles. The summed E-state index contributed by atoms with van der Waals surface area (Å²) in [6, 6.07) is 0. The zero-order valence-corrected chi connectivity index (χ0v) is 11.9. The van der Waals surface area contributed by atoms with E-state index in [9.17, 15) is 4.79 Å². The molecule has 4 heteroatoms. The van der Waals surface area contributed by atoms with Crippen molar-refractivity contribution in [2.75, 3.05) is 0 Å². The number of carboxylic acid groups (broad SMARTS) is 1. The molecule has 18 heavy (non-hydrogen) atoms. The molecule has 100 valence electrons. The summed E-state index contributed by atoms with van der Waals surface area (Å²) in [5.41, 5.74) is 0.470. The normalized spacial score (nSPS) is 17.9. The fourth-order valence-electron chi connectivity index (χ4n) is 2.45. The van der Waals surface area contributed by atoms with E-state index in [4.69, 9.17) is 5.11 Å². The number of nitrogens with zero attached hydrogens (tertiary/aromatic N) is 1. The number of rotatable bonds is 4. The summed E-state index contributed by atoms with van der Waals surface area (Å²) in [6.07, 6.45) is 6.96. The van der Waals surface area contributed by atoms with Crippen molar-refractivity contribution in [1.82, 2.24) is 4.98 Å². The summed E-state index contributed by atoms with van der Waals surface area (Å²) in [6.45, 7) is 3.52. The number of carbonyl (C=O) groups is 1. The topological polar surface area (TPSA) is 50.2 Å². The van der Waals surface area contributed by atoms with Crippen LogP contribution in [-0.4, -0.2) is 16.1 Å². The van der Waals surface area contributed by atoms with Gasteiger partial charge in [0, 0.05) is 17.7 Å². The van der Waals surface area contributed by atoms with Crippen LogP contribution in [0.4, 0.5) is 0 Å². The van der Waals surface area contributed by atoms with Crippen LogP contribution in [0.3, 0.4) is 0 Å². The average Bonchev–Trinajstić information content (AvgIpc) is 2.78. The number of thiazole rings is 1. The maximum absolute atomic E-state index is 11.1. The quantitative estimate of drug-likeness (QED) is 0.901. The zero-order chi connectivity index (χ0) is 13.2. The molecular formula is C14H21NO2S. The van der Waals surface area contributed by atoms with E-state index in [1.54, 1.807) is 25.2 Å². The second kappa shape index (κ2) is 5.39. The molecule has 0 saturated heterocycles. The fraction of sp³-hybridized carbons (Fsp3) is 0.714. The van der Waals surface area contributed by atoms with Gasteiger partial charge >= 0.3 is 5.97 Å². The highest BCUT2D eigenvalue weighted by Crippen LogP contribution is 2.34. The van der Waals surface area contributed by atoms with Crippen molar-refractivity contribution in [3.8, 4) is 0 Å². The number of aliphatic carboxylic acids is 1. The molecule has 1 aliphatic rings. The first-order valence-corrected chi connectivity index (χ1v) is 7.55. The van der Waals surface area contributed by atoms with Crippen molar-refractivity contribution < 1.29 is 9.90 Å². The molecule has 1 saturated carbocycles. The highest BCUT2D eigenvalue weighted by Gasteiger charge is 2.29. The third-order valence-corrected chi connectivity index (χ3v) is 4.63. The number of hydrogen-bond acceptors (Lipinski definition) is 3. The van der Waals surface area contributed by atoms with E-state index in [1.807, 2.05) is 0 Å². The lowest BCUT2D eigenvalue weighted by molar-refractivity contribution is -0.146. The van der Waals surface area contributed by atoms with E-state index in [1.165, 1.54) is 37.8 Å². The Hall–Kier alpha value is -0.900. The minimum Gasteiger partial charge on any atom is -0.481 e. The third-order valence-electron chi connectivity index (χ3n) is 3.77. The van der Waals surface area contributed by atoms with Crippen LogP contribution in [0, 0.1) is 5.41 Å². The zero-order valence-electron chi connectivity index (χ0n) is 11.1. The Morgan fingerprint density at radius 3 is 2.72 bits per heavy atom. The van der Waals surface area contributed by atoms with Gasteiger partial charge in [0.15, 0.2) is 0 Å².